The second kappa shape index (κ2) is 9.10. The third kappa shape index (κ3) is 5.04. The average molecular weight is 335 g/mol. The molecule has 0 bridgehead atoms. The second-order valence-electron chi connectivity index (χ2n) is 4.58. The molecule has 1 atom stereocenters. The summed E-state index contributed by atoms with van der Waals surface area (Å²) in [5.74, 6) is 0.636. The fraction of sp³-hybridized carbons (Fsp3) is 0.500. The van der Waals surface area contributed by atoms with Gasteiger partial charge in [0.25, 0.3) is 0 Å². The highest BCUT2D eigenvalue weighted by atomic mass is 35.5. The van der Waals surface area contributed by atoms with Crippen LogP contribution in [0.2, 0.25) is 5.02 Å². The highest BCUT2D eigenvalue weighted by Gasteiger charge is 2.24. The Hall–Kier alpha value is -1.01. The van der Waals surface area contributed by atoms with Crippen molar-refractivity contribution in [3.63, 3.8) is 0 Å². The SMILES string of the molecule is COCCNCC(=O)NC1CCOc2c(Cl)cccc21.Cl. The number of benzene rings is 1. The maximum absolute atomic E-state index is 11.9. The maximum Gasteiger partial charge on any atom is 0.234 e. The van der Waals surface area contributed by atoms with Crippen LogP contribution in [0.1, 0.15) is 18.0 Å². The van der Waals surface area contributed by atoms with Crippen molar-refractivity contribution in [3.05, 3.63) is 28.8 Å². The summed E-state index contributed by atoms with van der Waals surface area (Å²) in [7, 11) is 1.63. The zero-order chi connectivity index (χ0) is 14.4. The minimum absolute atomic E-state index is 0. The first kappa shape index (κ1) is 18.0. The highest BCUT2D eigenvalue weighted by molar-refractivity contribution is 6.32. The molecular weight excluding hydrogens is 315 g/mol. The lowest BCUT2D eigenvalue weighted by Gasteiger charge is -2.27. The van der Waals surface area contributed by atoms with Gasteiger partial charge in [0, 0.05) is 25.6 Å². The van der Waals surface area contributed by atoms with E-state index in [-0.39, 0.29) is 30.9 Å². The van der Waals surface area contributed by atoms with E-state index in [1.807, 2.05) is 12.1 Å². The van der Waals surface area contributed by atoms with Crippen LogP contribution in [0, 0.1) is 0 Å². The summed E-state index contributed by atoms with van der Waals surface area (Å²) >= 11 is 6.10. The molecule has 118 valence electrons. The lowest BCUT2D eigenvalue weighted by atomic mass is 10.0. The van der Waals surface area contributed by atoms with E-state index >= 15 is 0 Å². The van der Waals surface area contributed by atoms with Crippen molar-refractivity contribution in [1.29, 1.82) is 0 Å². The Morgan fingerprint density at radius 2 is 2.33 bits per heavy atom. The summed E-state index contributed by atoms with van der Waals surface area (Å²) in [5.41, 5.74) is 0.939. The first-order chi connectivity index (χ1) is 9.72. The molecule has 1 amide bonds. The molecule has 0 spiro atoms. The van der Waals surface area contributed by atoms with Gasteiger partial charge >= 0.3 is 0 Å². The summed E-state index contributed by atoms with van der Waals surface area (Å²) < 4.78 is 10.5. The molecule has 0 aliphatic carbocycles. The van der Waals surface area contributed by atoms with Crippen molar-refractivity contribution >= 4 is 29.9 Å². The van der Waals surface area contributed by atoms with E-state index in [4.69, 9.17) is 21.1 Å². The molecule has 1 aliphatic heterocycles. The summed E-state index contributed by atoms with van der Waals surface area (Å²) in [6, 6.07) is 5.54. The first-order valence-corrected chi connectivity index (χ1v) is 7.00. The third-order valence-corrected chi connectivity index (χ3v) is 3.43. The molecule has 1 heterocycles. The lowest BCUT2D eigenvalue weighted by molar-refractivity contribution is -0.121. The van der Waals surface area contributed by atoms with E-state index in [0.717, 1.165) is 12.0 Å². The van der Waals surface area contributed by atoms with Crippen molar-refractivity contribution in [2.24, 2.45) is 0 Å². The molecule has 1 aromatic rings. The average Bonchev–Trinajstić information content (AvgIpc) is 2.45. The molecule has 21 heavy (non-hydrogen) atoms. The molecule has 0 saturated heterocycles. The van der Waals surface area contributed by atoms with Crippen LogP contribution in [0.15, 0.2) is 18.2 Å². The Morgan fingerprint density at radius 3 is 3.10 bits per heavy atom. The minimum Gasteiger partial charge on any atom is -0.492 e. The second-order valence-corrected chi connectivity index (χ2v) is 4.99. The van der Waals surface area contributed by atoms with Gasteiger partial charge in [-0.2, -0.15) is 0 Å². The fourth-order valence-corrected chi connectivity index (χ4v) is 2.39. The molecule has 2 rings (SSSR count). The van der Waals surface area contributed by atoms with Crippen molar-refractivity contribution < 1.29 is 14.3 Å². The van der Waals surface area contributed by atoms with Gasteiger partial charge in [-0.1, -0.05) is 23.7 Å². The topological polar surface area (TPSA) is 59.6 Å². The first-order valence-electron chi connectivity index (χ1n) is 6.62. The van der Waals surface area contributed by atoms with Gasteiger partial charge in [-0.15, -0.1) is 12.4 Å². The predicted molar refractivity (Wildman–Crippen MR) is 84.4 cm³/mol. The van der Waals surface area contributed by atoms with E-state index in [0.29, 0.717) is 30.5 Å². The van der Waals surface area contributed by atoms with E-state index in [9.17, 15) is 4.79 Å². The van der Waals surface area contributed by atoms with Crippen LogP contribution in [-0.4, -0.2) is 39.3 Å². The van der Waals surface area contributed by atoms with Crippen LogP contribution in [-0.2, 0) is 9.53 Å². The van der Waals surface area contributed by atoms with Crippen LogP contribution in [0.4, 0.5) is 0 Å². The Labute approximate surface area is 135 Å². The van der Waals surface area contributed by atoms with Gasteiger partial charge in [0.05, 0.1) is 30.8 Å². The van der Waals surface area contributed by atoms with E-state index < -0.39 is 0 Å². The van der Waals surface area contributed by atoms with Gasteiger partial charge in [-0.3, -0.25) is 4.79 Å². The number of hydrogen-bond donors (Lipinski definition) is 2. The van der Waals surface area contributed by atoms with Crippen LogP contribution >= 0.6 is 24.0 Å². The summed E-state index contributed by atoms with van der Waals surface area (Å²) in [6.07, 6.45) is 0.747. The minimum atomic E-state index is -0.0471. The zero-order valence-electron chi connectivity index (χ0n) is 11.9. The number of carbonyl (C=O) groups is 1. The van der Waals surface area contributed by atoms with Gasteiger partial charge < -0.3 is 20.1 Å². The fourth-order valence-electron chi connectivity index (χ4n) is 2.16. The number of carbonyl (C=O) groups excluding carboxylic acids is 1. The van der Waals surface area contributed by atoms with Crippen molar-refractivity contribution in [3.8, 4) is 5.75 Å². The van der Waals surface area contributed by atoms with Crippen LogP contribution in [0.3, 0.4) is 0 Å². The smallest absolute Gasteiger partial charge is 0.234 e. The Kier molecular flexibility index (Phi) is 7.82. The molecule has 2 N–H and O–H groups in total. The molecule has 5 nitrogen and oxygen atoms in total. The number of amides is 1. The molecule has 0 saturated carbocycles. The van der Waals surface area contributed by atoms with E-state index in [2.05, 4.69) is 10.6 Å². The largest absolute Gasteiger partial charge is 0.492 e. The van der Waals surface area contributed by atoms with Crippen molar-refractivity contribution in [1.82, 2.24) is 10.6 Å². The molecule has 1 unspecified atom stereocenters. The lowest BCUT2D eigenvalue weighted by Crippen LogP contribution is -2.38. The number of para-hydroxylation sites is 1. The number of nitrogens with one attached hydrogen (secondary N) is 2. The van der Waals surface area contributed by atoms with E-state index in [1.165, 1.54) is 0 Å². The van der Waals surface area contributed by atoms with Gasteiger partial charge in [0.2, 0.25) is 5.91 Å². The molecule has 1 aliphatic rings. The third-order valence-electron chi connectivity index (χ3n) is 3.13. The Morgan fingerprint density at radius 1 is 1.52 bits per heavy atom. The molecule has 7 heteroatoms. The van der Waals surface area contributed by atoms with Gasteiger partial charge in [-0.25, -0.2) is 0 Å². The molecule has 1 aromatic carbocycles. The monoisotopic (exact) mass is 334 g/mol. The number of halogens is 2. The van der Waals surface area contributed by atoms with Crippen LogP contribution in [0.25, 0.3) is 0 Å². The summed E-state index contributed by atoms with van der Waals surface area (Å²) in [4.78, 5) is 11.9. The molecular formula is C14H20Cl2N2O3. The quantitative estimate of drug-likeness (QED) is 0.780. The van der Waals surface area contributed by atoms with E-state index in [1.54, 1.807) is 13.2 Å². The highest BCUT2D eigenvalue weighted by Crippen LogP contribution is 2.37. The molecule has 0 fully saturated rings. The maximum atomic E-state index is 11.9. The summed E-state index contributed by atoms with van der Waals surface area (Å²) in [5, 5.41) is 6.60. The van der Waals surface area contributed by atoms with Crippen molar-refractivity contribution in [2.45, 2.75) is 12.5 Å². The molecule has 0 radical (unpaired) electrons. The number of methoxy groups -OCH3 is 1. The molecule has 0 aromatic heterocycles. The number of fused-ring (bicyclic) bond motifs is 1. The predicted octanol–water partition coefficient (Wildman–Crippen LogP) is 1.94. The van der Waals surface area contributed by atoms with Crippen LogP contribution in [0.5, 0.6) is 5.75 Å². The van der Waals surface area contributed by atoms with Crippen LogP contribution < -0.4 is 15.4 Å². The van der Waals surface area contributed by atoms with Gasteiger partial charge in [-0.05, 0) is 6.07 Å². The number of rotatable bonds is 6. The zero-order valence-corrected chi connectivity index (χ0v) is 13.4. The standard InChI is InChI=1S/C14H19ClN2O3.ClH/c1-19-8-6-16-9-13(18)17-12-5-7-20-14-10(12)3-2-4-11(14)15;/h2-4,12,16H,5-9H2,1H3,(H,17,18);1H. The number of ether oxygens (including phenoxy) is 2. The van der Waals surface area contributed by atoms with Gasteiger partial charge in [0.15, 0.2) is 0 Å². The Balaban J connectivity index is 0.00000220. The van der Waals surface area contributed by atoms with Gasteiger partial charge in [0.1, 0.15) is 5.75 Å². The van der Waals surface area contributed by atoms with Crippen molar-refractivity contribution in [2.75, 3.05) is 33.4 Å². The Bertz CT molecular complexity index is 472. The normalized spacial score (nSPS) is 16.4. The number of hydrogen-bond acceptors (Lipinski definition) is 4. The summed E-state index contributed by atoms with van der Waals surface area (Å²) in [6.45, 7) is 2.07.